The van der Waals surface area contributed by atoms with Crippen molar-refractivity contribution in [3.8, 4) is 0 Å². The fraction of sp³-hybridized carbons (Fsp3) is 0.867. The number of nitrogens with one attached hydrogen (secondary N) is 2. The van der Waals surface area contributed by atoms with Crippen LogP contribution in [0.25, 0.3) is 0 Å². The minimum atomic E-state index is -0.794. The number of fused-ring (bicyclic) bond motifs is 1. The molecule has 6 nitrogen and oxygen atoms in total. The van der Waals surface area contributed by atoms with Crippen molar-refractivity contribution in [3.05, 3.63) is 0 Å². The van der Waals surface area contributed by atoms with Gasteiger partial charge in [0.1, 0.15) is 0 Å². The van der Waals surface area contributed by atoms with Gasteiger partial charge in [-0.25, -0.2) is 4.79 Å². The molecule has 21 heavy (non-hydrogen) atoms. The first kappa shape index (κ1) is 14.6. The van der Waals surface area contributed by atoms with Crippen LogP contribution in [0.2, 0.25) is 0 Å². The third kappa shape index (κ3) is 3.15. The van der Waals surface area contributed by atoms with E-state index in [2.05, 4.69) is 15.5 Å². The van der Waals surface area contributed by atoms with Crippen molar-refractivity contribution in [2.45, 2.75) is 63.1 Å². The first-order valence-electron chi connectivity index (χ1n) is 8.19. The van der Waals surface area contributed by atoms with Crippen LogP contribution in [0.5, 0.6) is 0 Å². The summed E-state index contributed by atoms with van der Waals surface area (Å²) in [7, 11) is 0. The lowest BCUT2D eigenvalue weighted by molar-refractivity contribution is -0.142. The van der Waals surface area contributed by atoms with Crippen molar-refractivity contribution >= 4 is 12.0 Å². The molecule has 3 aliphatic rings. The normalized spacial score (nSPS) is 36.2. The molecular weight excluding hydrogens is 270 g/mol. The zero-order valence-electron chi connectivity index (χ0n) is 12.4. The quantitative estimate of drug-likeness (QED) is 0.730. The van der Waals surface area contributed by atoms with E-state index in [1.165, 1.54) is 12.8 Å². The van der Waals surface area contributed by atoms with Gasteiger partial charge in [0.15, 0.2) is 0 Å². The van der Waals surface area contributed by atoms with Gasteiger partial charge in [-0.2, -0.15) is 0 Å². The molecule has 3 N–H and O–H groups in total. The van der Waals surface area contributed by atoms with E-state index in [-0.39, 0.29) is 18.1 Å². The second-order valence-corrected chi connectivity index (χ2v) is 6.59. The Hall–Kier alpha value is -1.30. The van der Waals surface area contributed by atoms with E-state index >= 15 is 0 Å². The number of carbonyl (C=O) groups excluding carboxylic acids is 1. The molecule has 4 atom stereocenters. The van der Waals surface area contributed by atoms with Crippen LogP contribution >= 0.6 is 0 Å². The van der Waals surface area contributed by atoms with Crippen molar-refractivity contribution in [2.75, 3.05) is 13.1 Å². The smallest absolute Gasteiger partial charge is 0.315 e. The molecular formula is C15H25N3O3. The van der Waals surface area contributed by atoms with Gasteiger partial charge in [0.05, 0.1) is 5.92 Å². The van der Waals surface area contributed by atoms with E-state index in [1.54, 1.807) is 0 Å². The van der Waals surface area contributed by atoms with Crippen LogP contribution in [-0.2, 0) is 4.79 Å². The van der Waals surface area contributed by atoms with Gasteiger partial charge in [0.2, 0.25) is 0 Å². The molecule has 2 saturated heterocycles. The number of urea groups is 1. The Bertz CT molecular complexity index is 415. The number of hydrogen-bond acceptors (Lipinski definition) is 3. The van der Waals surface area contributed by atoms with Gasteiger partial charge in [0, 0.05) is 24.7 Å². The Morgan fingerprint density at radius 3 is 2.52 bits per heavy atom. The maximum absolute atomic E-state index is 12.2. The maximum atomic E-state index is 12.2. The SMILES string of the molecule is O=C(NC1CCCC1C(=O)O)NC1CCN2CCCCC12. The standard InChI is InChI=1S/C15H25N3O3/c19-14(20)10-4-3-5-11(10)16-15(21)17-12-7-9-18-8-2-1-6-13(12)18/h10-13H,1-9H2,(H,19,20)(H2,16,17,21). The van der Waals surface area contributed by atoms with Crippen molar-refractivity contribution in [1.29, 1.82) is 0 Å². The van der Waals surface area contributed by atoms with Gasteiger partial charge in [-0.3, -0.25) is 9.69 Å². The summed E-state index contributed by atoms with van der Waals surface area (Å²) in [6.45, 7) is 2.21. The number of amides is 2. The lowest BCUT2D eigenvalue weighted by Crippen LogP contribution is -2.52. The minimum absolute atomic E-state index is 0.189. The molecule has 3 rings (SSSR count). The summed E-state index contributed by atoms with van der Waals surface area (Å²) in [4.78, 5) is 25.8. The Morgan fingerprint density at radius 2 is 1.71 bits per heavy atom. The fourth-order valence-electron chi connectivity index (χ4n) is 4.22. The number of hydrogen-bond donors (Lipinski definition) is 3. The average Bonchev–Trinajstić information content (AvgIpc) is 3.06. The van der Waals surface area contributed by atoms with Crippen LogP contribution in [0.4, 0.5) is 4.79 Å². The Balaban J connectivity index is 1.51. The topological polar surface area (TPSA) is 81.7 Å². The van der Waals surface area contributed by atoms with Crippen LogP contribution in [0.1, 0.15) is 44.9 Å². The fourth-order valence-corrected chi connectivity index (χ4v) is 4.22. The number of piperidine rings is 1. The molecule has 118 valence electrons. The van der Waals surface area contributed by atoms with Gasteiger partial charge >= 0.3 is 12.0 Å². The lowest BCUT2D eigenvalue weighted by atomic mass is 9.99. The summed E-state index contributed by atoms with van der Waals surface area (Å²) in [5.41, 5.74) is 0. The van der Waals surface area contributed by atoms with E-state index in [0.29, 0.717) is 12.5 Å². The van der Waals surface area contributed by atoms with E-state index < -0.39 is 11.9 Å². The van der Waals surface area contributed by atoms with Gasteiger partial charge in [-0.1, -0.05) is 12.8 Å². The molecule has 2 aliphatic heterocycles. The predicted octanol–water partition coefficient (Wildman–Crippen LogP) is 1.17. The van der Waals surface area contributed by atoms with Crippen molar-refractivity contribution in [3.63, 3.8) is 0 Å². The molecule has 3 fully saturated rings. The maximum Gasteiger partial charge on any atom is 0.315 e. The molecule has 0 aromatic rings. The Labute approximate surface area is 125 Å². The summed E-state index contributed by atoms with van der Waals surface area (Å²) < 4.78 is 0. The third-order valence-corrected chi connectivity index (χ3v) is 5.32. The van der Waals surface area contributed by atoms with Crippen molar-refractivity contribution in [2.24, 2.45) is 5.92 Å². The third-order valence-electron chi connectivity index (χ3n) is 5.32. The molecule has 0 aromatic heterocycles. The first-order chi connectivity index (χ1) is 10.1. The first-order valence-corrected chi connectivity index (χ1v) is 8.19. The summed E-state index contributed by atoms with van der Waals surface area (Å²) in [6.07, 6.45) is 6.98. The molecule has 1 aliphatic carbocycles. The lowest BCUT2D eigenvalue weighted by Gasteiger charge is -2.32. The highest BCUT2D eigenvalue weighted by molar-refractivity contribution is 5.77. The van der Waals surface area contributed by atoms with Gasteiger partial charge in [0.25, 0.3) is 0 Å². The van der Waals surface area contributed by atoms with Crippen LogP contribution < -0.4 is 10.6 Å². The number of carbonyl (C=O) groups is 2. The number of carboxylic acids is 1. The molecule has 0 bridgehead atoms. The van der Waals surface area contributed by atoms with E-state index in [9.17, 15) is 9.59 Å². The zero-order chi connectivity index (χ0) is 14.8. The van der Waals surface area contributed by atoms with Gasteiger partial charge in [-0.15, -0.1) is 0 Å². The predicted molar refractivity (Wildman–Crippen MR) is 78.0 cm³/mol. The largest absolute Gasteiger partial charge is 0.481 e. The molecule has 2 amide bonds. The molecule has 0 radical (unpaired) electrons. The Morgan fingerprint density at radius 1 is 0.905 bits per heavy atom. The number of aliphatic carboxylic acids is 1. The average molecular weight is 295 g/mol. The highest BCUT2D eigenvalue weighted by Gasteiger charge is 2.38. The number of rotatable bonds is 3. The molecule has 4 unspecified atom stereocenters. The molecule has 1 saturated carbocycles. The highest BCUT2D eigenvalue weighted by Crippen LogP contribution is 2.28. The van der Waals surface area contributed by atoms with Gasteiger partial charge < -0.3 is 15.7 Å². The second-order valence-electron chi connectivity index (χ2n) is 6.59. The van der Waals surface area contributed by atoms with Crippen LogP contribution in [0.3, 0.4) is 0 Å². The number of nitrogens with zero attached hydrogens (tertiary/aromatic N) is 1. The van der Waals surface area contributed by atoms with Crippen LogP contribution in [0, 0.1) is 5.92 Å². The Kier molecular flexibility index (Phi) is 4.33. The summed E-state index contributed by atoms with van der Waals surface area (Å²) in [5, 5.41) is 15.1. The van der Waals surface area contributed by atoms with E-state index in [0.717, 1.165) is 38.8 Å². The second kappa shape index (κ2) is 6.22. The molecule has 2 heterocycles. The number of carboxylic acid groups (broad SMARTS) is 1. The van der Waals surface area contributed by atoms with E-state index in [1.807, 2.05) is 0 Å². The highest BCUT2D eigenvalue weighted by atomic mass is 16.4. The summed E-state index contributed by atoms with van der Waals surface area (Å²) in [6, 6.07) is 0.287. The van der Waals surface area contributed by atoms with E-state index in [4.69, 9.17) is 5.11 Å². The van der Waals surface area contributed by atoms with Crippen molar-refractivity contribution in [1.82, 2.24) is 15.5 Å². The van der Waals surface area contributed by atoms with Crippen molar-refractivity contribution < 1.29 is 14.7 Å². The van der Waals surface area contributed by atoms with Crippen LogP contribution in [0.15, 0.2) is 0 Å². The summed E-state index contributed by atoms with van der Waals surface area (Å²) in [5.74, 6) is -1.22. The minimum Gasteiger partial charge on any atom is -0.481 e. The molecule has 0 spiro atoms. The van der Waals surface area contributed by atoms with Gasteiger partial charge in [-0.05, 0) is 38.6 Å². The molecule has 6 heteroatoms. The monoisotopic (exact) mass is 295 g/mol. The van der Waals surface area contributed by atoms with Crippen LogP contribution in [-0.4, -0.2) is 53.2 Å². The molecule has 0 aromatic carbocycles. The summed E-state index contributed by atoms with van der Waals surface area (Å²) >= 11 is 0. The zero-order valence-corrected chi connectivity index (χ0v) is 12.4.